The molecule has 2 aromatic rings. The lowest BCUT2D eigenvalue weighted by Crippen LogP contribution is -2.07. The molecule has 0 saturated heterocycles. The predicted octanol–water partition coefficient (Wildman–Crippen LogP) is 4.43. The monoisotopic (exact) mass is 326 g/mol. The van der Waals surface area contributed by atoms with Crippen molar-refractivity contribution in [1.82, 2.24) is 0 Å². The van der Waals surface area contributed by atoms with Crippen LogP contribution in [0, 0.1) is 25.5 Å². The van der Waals surface area contributed by atoms with Crippen molar-refractivity contribution < 1.29 is 13.9 Å². The van der Waals surface area contributed by atoms with E-state index >= 15 is 0 Å². The Balaban J connectivity index is 2.56. The van der Waals surface area contributed by atoms with Crippen LogP contribution in [0.5, 0.6) is 0 Å². The maximum absolute atomic E-state index is 13.9. The fourth-order valence-electron chi connectivity index (χ4n) is 2.16. The summed E-state index contributed by atoms with van der Waals surface area (Å²) >= 11 is 2.92. The van der Waals surface area contributed by atoms with Crippen LogP contribution in [0.2, 0.25) is 0 Å². The van der Waals surface area contributed by atoms with Crippen LogP contribution in [0.15, 0.2) is 34.8 Å². The first-order valence-electron chi connectivity index (χ1n) is 5.80. The molecule has 1 unspecified atom stereocenters. The van der Waals surface area contributed by atoms with Crippen molar-refractivity contribution in [2.24, 2.45) is 0 Å². The Kier molecular flexibility index (Phi) is 4.02. The van der Waals surface area contributed by atoms with Crippen molar-refractivity contribution in [2.75, 3.05) is 0 Å². The van der Waals surface area contributed by atoms with Gasteiger partial charge in [-0.1, -0.05) is 18.2 Å². The second kappa shape index (κ2) is 5.39. The molecule has 0 radical (unpaired) electrons. The summed E-state index contributed by atoms with van der Waals surface area (Å²) in [5.41, 5.74) is 2.24. The molecule has 2 rings (SSSR count). The summed E-state index contributed by atoms with van der Waals surface area (Å²) in [4.78, 5) is 0. The quantitative estimate of drug-likeness (QED) is 0.809. The number of benzene rings is 2. The number of aliphatic hydroxyl groups is 1. The molecule has 0 saturated carbocycles. The summed E-state index contributed by atoms with van der Waals surface area (Å²) in [6.07, 6.45) is -1.18. The van der Waals surface area contributed by atoms with Crippen molar-refractivity contribution >= 4 is 15.9 Å². The van der Waals surface area contributed by atoms with Crippen molar-refractivity contribution in [3.63, 3.8) is 0 Å². The molecule has 1 atom stereocenters. The van der Waals surface area contributed by atoms with E-state index in [1.165, 1.54) is 0 Å². The highest BCUT2D eigenvalue weighted by Crippen LogP contribution is 2.31. The van der Waals surface area contributed by atoms with Gasteiger partial charge in [0.15, 0.2) is 0 Å². The molecule has 4 heteroatoms. The Morgan fingerprint density at radius 1 is 1.05 bits per heavy atom. The minimum absolute atomic E-state index is 0.0439. The largest absolute Gasteiger partial charge is 0.384 e. The van der Waals surface area contributed by atoms with Crippen LogP contribution < -0.4 is 0 Å². The number of aryl methyl sites for hydroxylation is 2. The zero-order chi connectivity index (χ0) is 14.2. The number of hydrogen-bond donors (Lipinski definition) is 1. The smallest absolute Gasteiger partial charge is 0.137 e. The molecule has 0 bridgehead atoms. The van der Waals surface area contributed by atoms with E-state index in [0.29, 0.717) is 5.56 Å². The molecule has 0 aliphatic carbocycles. The second-order valence-electron chi connectivity index (χ2n) is 4.50. The zero-order valence-electron chi connectivity index (χ0n) is 10.5. The van der Waals surface area contributed by atoms with Gasteiger partial charge >= 0.3 is 0 Å². The van der Waals surface area contributed by atoms with Crippen LogP contribution in [-0.4, -0.2) is 5.11 Å². The van der Waals surface area contributed by atoms with Gasteiger partial charge in [0.05, 0.1) is 4.47 Å². The lowest BCUT2D eigenvalue weighted by Gasteiger charge is -2.18. The Hall–Kier alpha value is -1.26. The van der Waals surface area contributed by atoms with Gasteiger partial charge in [-0.25, -0.2) is 8.78 Å². The van der Waals surface area contributed by atoms with E-state index in [0.717, 1.165) is 23.3 Å². The summed E-state index contributed by atoms with van der Waals surface area (Å²) in [6.45, 7) is 3.66. The van der Waals surface area contributed by atoms with Gasteiger partial charge < -0.3 is 5.11 Å². The molecule has 1 N–H and O–H groups in total. The Morgan fingerprint density at radius 3 is 2.21 bits per heavy atom. The third-order valence-electron chi connectivity index (χ3n) is 3.15. The van der Waals surface area contributed by atoms with Crippen LogP contribution in [-0.2, 0) is 0 Å². The average Bonchev–Trinajstić information content (AvgIpc) is 2.33. The molecule has 0 aromatic heterocycles. The first-order chi connectivity index (χ1) is 8.91. The summed E-state index contributed by atoms with van der Waals surface area (Å²) in [5, 5.41) is 10.3. The minimum Gasteiger partial charge on any atom is -0.384 e. The Bertz CT molecular complexity index is 606. The van der Waals surface area contributed by atoms with E-state index < -0.39 is 17.7 Å². The maximum Gasteiger partial charge on any atom is 0.137 e. The van der Waals surface area contributed by atoms with Gasteiger partial charge in [-0.15, -0.1) is 0 Å². The molecular weight excluding hydrogens is 314 g/mol. The molecule has 0 aliphatic heterocycles. The molecule has 0 amide bonds. The molecular formula is C15H13BrF2O. The maximum atomic E-state index is 13.9. The third kappa shape index (κ3) is 2.69. The van der Waals surface area contributed by atoms with Gasteiger partial charge in [-0.3, -0.25) is 0 Å². The van der Waals surface area contributed by atoms with Gasteiger partial charge in [-0.05, 0) is 58.6 Å². The third-order valence-corrected chi connectivity index (χ3v) is 3.76. The summed E-state index contributed by atoms with van der Waals surface area (Å²) < 4.78 is 27.4. The predicted molar refractivity (Wildman–Crippen MR) is 74.0 cm³/mol. The Labute approximate surface area is 119 Å². The van der Waals surface area contributed by atoms with Gasteiger partial charge in [-0.2, -0.15) is 0 Å². The van der Waals surface area contributed by atoms with Crippen LogP contribution in [0.1, 0.15) is 28.4 Å². The normalized spacial score (nSPS) is 12.5. The van der Waals surface area contributed by atoms with Gasteiger partial charge in [0.25, 0.3) is 0 Å². The highest BCUT2D eigenvalue weighted by atomic mass is 79.9. The van der Waals surface area contributed by atoms with E-state index in [9.17, 15) is 13.9 Å². The molecule has 100 valence electrons. The SMILES string of the molecule is Cc1cccc(C)c1C(O)c1cc(F)c(Br)cc1F. The highest BCUT2D eigenvalue weighted by Gasteiger charge is 2.20. The number of hydrogen-bond acceptors (Lipinski definition) is 1. The van der Waals surface area contributed by atoms with Crippen molar-refractivity contribution in [3.05, 3.63) is 68.7 Å². The van der Waals surface area contributed by atoms with E-state index in [2.05, 4.69) is 15.9 Å². The number of halogens is 3. The molecule has 0 spiro atoms. The molecule has 2 aromatic carbocycles. The molecule has 0 aliphatic rings. The number of rotatable bonds is 2. The Morgan fingerprint density at radius 2 is 1.63 bits per heavy atom. The summed E-state index contributed by atoms with van der Waals surface area (Å²) in [5.74, 6) is -1.23. The van der Waals surface area contributed by atoms with E-state index in [1.807, 2.05) is 32.0 Å². The standard InChI is InChI=1S/C15H13BrF2O/c1-8-4-3-5-9(2)14(8)15(19)10-6-13(18)11(16)7-12(10)17/h3-7,15,19H,1-2H3. The van der Waals surface area contributed by atoms with Crippen molar-refractivity contribution in [3.8, 4) is 0 Å². The molecule has 0 fully saturated rings. The molecule has 1 nitrogen and oxygen atoms in total. The lowest BCUT2D eigenvalue weighted by atomic mass is 9.93. The average molecular weight is 327 g/mol. The summed E-state index contributed by atoms with van der Waals surface area (Å²) in [6, 6.07) is 7.58. The van der Waals surface area contributed by atoms with E-state index in [1.54, 1.807) is 0 Å². The van der Waals surface area contributed by atoms with Crippen LogP contribution in [0.25, 0.3) is 0 Å². The number of aliphatic hydroxyl groups excluding tert-OH is 1. The van der Waals surface area contributed by atoms with Crippen LogP contribution in [0.3, 0.4) is 0 Å². The summed E-state index contributed by atoms with van der Waals surface area (Å²) in [7, 11) is 0. The van der Waals surface area contributed by atoms with Crippen LogP contribution in [0.4, 0.5) is 8.78 Å². The van der Waals surface area contributed by atoms with Crippen LogP contribution >= 0.6 is 15.9 Å². The van der Waals surface area contributed by atoms with E-state index in [4.69, 9.17) is 0 Å². The topological polar surface area (TPSA) is 20.2 Å². The van der Waals surface area contributed by atoms with Gasteiger partial charge in [0, 0.05) is 5.56 Å². The lowest BCUT2D eigenvalue weighted by molar-refractivity contribution is 0.213. The first-order valence-corrected chi connectivity index (χ1v) is 6.59. The zero-order valence-corrected chi connectivity index (χ0v) is 12.1. The fourth-order valence-corrected chi connectivity index (χ4v) is 2.48. The minimum atomic E-state index is -1.18. The fraction of sp³-hybridized carbons (Fsp3) is 0.200. The molecule has 19 heavy (non-hydrogen) atoms. The highest BCUT2D eigenvalue weighted by molar-refractivity contribution is 9.10. The molecule has 0 heterocycles. The van der Waals surface area contributed by atoms with Crippen molar-refractivity contribution in [1.29, 1.82) is 0 Å². The second-order valence-corrected chi connectivity index (χ2v) is 5.35. The van der Waals surface area contributed by atoms with Crippen molar-refractivity contribution in [2.45, 2.75) is 20.0 Å². The van der Waals surface area contributed by atoms with Gasteiger partial charge in [0.1, 0.15) is 17.7 Å². The first kappa shape index (κ1) is 14.2. The van der Waals surface area contributed by atoms with E-state index in [-0.39, 0.29) is 10.0 Å². The van der Waals surface area contributed by atoms with Gasteiger partial charge in [0.2, 0.25) is 0 Å².